The fourth-order valence-electron chi connectivity index (χ4n) is 1.83. The van der Waals surface area contributed by atoms with Gasteiger partial charge in [-0.1, -0.05) is 0 Å². The Morgan fingerprint density at radius 2 is 2.19 bits per heavy atom. The average Bonchev–Trinajstić information content (AvgIpc) is 3.31. The van der Waals surface area contributed by atoms with Crippen LogP contribution in [0.4, 0.5) is 17.3 Å². The van der Waals surface area contributed by atoms with Gasteiger partial charge in [-0.2, -0.15) is 0 Å². The van der Waals surface area contributed by atoms with E-state index in [1.165, 1.54) is 0 Å². The molecule has 0 saturated heterocycles. The van der Waals surface area contributed by atoms with Crippen LogP contribution in [0.1, 0.15) is 18.4 Å². The lowest BCUT2D eigenvalue weighted by Gasteiger charge is -2.03. The van der Waals surface area contributed by atoms with Crippen molar-refractivity contribution in [3.05, 3.63) is 42.2 Å². The van der Waals surface area contributed by atoms with E-state index in [2.05, 4.69) is 20.3 Å². The number of nitrogens with one attached hydrogen (secondary N) is 1. The minimum absolute atomic E-state index is 0.0353. The van der Waals surface area contributed by atoms with Crippen LogP contribution in [0.3, 0.4) is 0 Å². The first-order valence-corrected chi connectivity index (χ1v) is 6.74. The van der Waals surface area contributed by atoms with E-state index < -0.39 is 0 Å². The van der Waals surface area contributed by atoms with Gasteiger partial charge >= 0.3 is 0 Å². The molecule has 0 radical (unpaired) electrons. The van der Waals surface area contributed by atoms with Crippen molar-refractivity contribution in [3.8, 4) is 0 Å². The third-order valence-electron chi connectivity index (χ3n) is 3.15. The van der Waals surface area contributed by atoms with E-state index in [4.69, 9.17) is 5.73 Å². The van der Waals surface area contributed by atoms with Gasteiger partial charge in [0.1, 0.15) is 17.3 Å². The Hall–Kier alpha value is -2.76. The van der Waals surface area contributed by atoms with Gasteiger partial charge in [0.25, 0.3) is 0 Å². The summed E-state index contributed by atoms with van der Waals surface area (Å²) < 4.78 is 0. The van der Waals surface area contributed by atoms with Gasteiger partial charge in [-0.15, -0.1) is 0 Å². The highest BCUT2D eigenvalue weighted by atomic mass is 16.2. The smallest absolute Gasteiger partial charge is 0.228 e. The van der Waals surface area contributed by atoms with Crippen LogP contribution in [-0.2, 0) is 4.79 Å². The molecular formula is C15H15N5O. The number of aliphatic imine (C=N–C) groups is 1. The topological polar surface area (TPSA) is 93.3 Å². The predicted octanol–water partition coefficient (Wildman–Crippen LogP) is 2.16. The van der Waals surface area contributed by atoms with Crippen LogP contribution < -0.4 is 11.1 Å². The zero-order chi connectivity index (χ0) is 14.7. The Kier molecular flexibility index (Phi) is 3.59. The molecule has 6 nitrogen and oxygen atoms in total. The Bertz CT molecular complexity index is 694. The normalized spacial score (nSPS) is 14.3. The number of anilines is 2. The standard InChI is InChI=1S/C15H15N5O/c16-14-12(2-1-6-18-14)19-9-10-5-7-17-13(8-10)20-15(21)11-3-4-11/h1-2,5-9,11H,3-4H2,(H2,16,18)(H,17,20,21). The molecule has 3 rings (SSSR count). The summed E-state index contributed by atoms with van der Waals surface area (Å²) >= 11 is 0. The lowest BCUT2D eigenvalue weighted by atomic mass is 10.2. The summed E-state index contributed by atoms with van der Waals surface area (Å²) in [6, 6.07) is 7.14. The van der Waals surface area contributed by atoms with Crippen molar-refractivity contribution < 1.29 is 4.79 Å². The quantitative estimate of drug-likeness (QED) is 0.840. The highest BCUT2D eigenvalue weighted by molar-refractivity contribution is 5.94. The molecule has 1 saturated carbocycles. The first-order chi connectivity index (χ1) is 10.2. The molecule has 0 spiro atoms. The summed E-state index contributed by atoms with van der Waals surface area (Å²) in [6.07, 6.45) is 6.85. The molecule has 1 aliphatic carbocycles. The SMILES string of the molecule is Nc1ncccc1N=Cc1ccnc(NC(=O)C2CC2)c1. The van der Waals surface area contributed by atoms with Crippen LogP contribution in [0.15, 0.2) is 41.7 Å². The van der Waals surface area contributed by atoms with Gasteiger partial charge < -0.3 is 11.1 Å². The van der Waals surface area contributed by atoms with Crippen molar-refractivity contribution in [2.45, 2.75) is 12.8 Å². The van der Waals surface area contributed by atoms with Crippen LogP contribution in [0.25, 0.3) is 0 Å². The zero-order valence-corrected chi connectivity index (χ0v) is 11.4. The molecule has 0 unspecified atom stereocenters. The number of carbonyl (C=O) groups is 1. The Morgan fingerprint density at radius 3 is 2.95 bits per heavy atom. The molecule has 1 fully saturated rings. The lowest BCUT2D eigenvalue weighted by Crippen LogP contribution is -2.14. The molecule has 21 heavy (non-hydrogen) atoms. The molecule has 0 atom stereocenters. The number of carbonyl (C=O) groups excluding carboxylic acids is 1. The fraction of sp³-hybridized carbons (Fsp3) is 0.200. The number of rotatable bonds is 4. The number of hydrogen-bond acceptors (Lipinski definition) is 5. The van der Waals surface area contributed by atoms with E-state index in [9.17, 15) is 4.79 Å². The number of nitrogens with zero attached hydrogens (tertiary/aromatic N) is 3. The summed E-state index contributed by atoms with van der Waals surface area (Å²) in [5.41, 5.74) is 7.17. The number of pyridine rings is 2. The van der Waals surface area contributed by atoms with Gasteiger partial charge in [0.15, 0.2) is 0 Å². The second kappa shape index (κ2) is 5.70. The summed E-state index contributed by atoms with van der Waals surface area (Å²) in [5, 5.41) is 2.81. The van der Waals surface area contributed by atoms with E-state index in [1.54, 1.807) is 36.8 Å². The van der Waals surface area contributed by atoms with Crippen LogP contribution in [0.2, 0.25) is 0 Å². The van der Waals surface area contributed by atoms with Crippen LogP contribution >= 0.6 is 0 Å². The van der Waals surface area contributed by atoms with Gasteiger partial charge in [0.05, 0.1) is 0 Å². The fourth-order valence-corrected chi connectivity index (χ4v) is 1.83. The van der Waals surface area contributed by atoms with Crippen molar-refractivity contribution in [2.24, 2.45) is 10.9 Å². The number of aromatic nitrogens is 2. The van der Waals surface area contributed by atoms with Crippen LogP contribution in [-0.4, -0.2) is 22.1 Å². The molecule has 0 bridgehead atoms. The number of nitrogens with two attached hydrogens (primary N) is 1. The van der Waals surface area contributed by atoms with Gasteiger partial charge in [-0.05, 0) is 42.7 Å². The maximum atomic E-state index is 11.7. The predicted molar refractivity (Wildman–Crippen MR) is 81.5 cm³/mol. The van der Waals surface area contributed by atoms with Crippen molar-refractivity contribution in [1.29, 1.82) is 0 Å². The number of amides is 1. The van der Waals surface area contributed by atoms with Gasteiger partial charge in [0, 0.05) is 24.5 Å². The van der Waals surface area contributed by atoms with E-state index in [0.29, 0.717) is 17.3 Å². The van der Waals surface area contributed by atoms with E-state index in [1.807, 2.05) is 6.07 Å². The molecule has 2 heterocycles. The summed E-state index contributed by atoms with van der Waals surface area (Å²) in [5.74, 6) is 1.10. The second-order valence-electron chi connectivity index (χ2n) is 4.90. The van der Waals surface area contributed by atoms with Crippen molar-refractivity contribution >= 4 is 29.4 Å². The second-order valence-corrected chi connectivity index (χ2v) is 4.90. The van der Waals surface area contributed by atoms with Gasteiger partial charge in [-0.25, -0.2) is 9.97 Å². The van der Waals surface area contributed by atoms with Crippen molar-refractivity contribution in [3.63, 3.8) is 0 Å². The molecule has 1 amide bonds. The number of nitrogen functional groups attached to an aromatic ring is 1. The first kappa shape index (κ1) is 13.2. The zero-order valence-electron chi connectivity index (χ0n) is 11.4. The Morgan fingerprint density at radius 1 is 1.33 bits per heavy atom. The minimum atomic E-state index is 0.0353. The van der Waals surface area contributed by atoms with Gasteiger partial charge in [-0.3, -0.25) is 9.79 Å². The summed E-state index contributed by atoms with van der Waals surface area (Å²) in [4.78, 5) is 24.1. The molecule has 3 N–H and O–H groups in total. The van der Waals surface area contributed by atoms with E-state index in [0.717, 1.165) is 18.4 Å². The first-order valence-electron chi connectivity index (χ1n) is 6.74. The van der Waals surface area contributed by atoms with E-state index >= 15 is 0 Å². The average molecular weight is 281 g/mol. The summed E-state index contributed by atoms with van der Waals surface area (Å²) in [6.45, 7) is 0. The highest BCUT2D eigenvalue weighted by Gasteiger charge is 2.29. The van der Waals surface area contributed by atoms with Crippen molar-refractivity contribution in [2.75, 3.05) is 11.1 Å². The lowest BCUT2D eigenvalue weighted by molar-refractivity contribution is -0.117. The molecule has 2 aromatic heterocycles. The van der Waals surface area contributed by atoms with Crippen molar-refractivity contribution in [1.82, 2.24) is 9.97 Å². The third kappa shape index (κ3) is 3.42. The molecule has 0 aliphatic heterocycles. The Labute approximate surface area is 122 Å². The largest absolute Gasteiger partial charge is 0.382 e. The monoisotopic (exact) mass is 281 g/mol. The number of hydrogen-bond donors (Lipinski definition) is 2. The van der Waals surface area contributed by atoms with E-state index in [-0.39, 0.29) is 11.8 Å². The van der Waals surface area contributed by atoms with Crippen LogP contribution in [0.5, 0.6) is 0 Å². The summed E-state index contributed by atoms with van der Waals surface area (Å²) in [7, 11) is 0. The van der Waals surface area contributed by atoms with Crippen LogP contribution in [0, 0.1) is 5.92 Å². The maximum Gasteiger partial charge on any atom is 0.228 e. The molecule has 0 aromatic carbocycles. The molecule has 1 aliphatic rings. The molecular weight excluding hydrogens is 266 g/mol. The highest BCUT2D eigenvalue weighted by Crippen LogP contribution is 2.29. The Balaban J connectivity index is 1.73. The maximum absolute atomic E-state index is 11.7. The third-order valence-corrected chi connectivity index (χ3v) is 3.15. The molecule has 6 heteroatoms. The molecule has 106 valence electrons. The minimum Gasteiger partial charge on any atom is -0.382 e. The van der Waals surface area contributed by atoms with Gasteiger partial charge in [0.2, 0.25) is 5.91 Å². The molecule has 2 aromatic rings.